The fourth-order valence-electron chi connectivity index (χ4n) is 3.45. The van der Waals surface area contributed by atoms with Crippen molar-refractivity contribution in [3.05, 3.63) is 79.6 Å². The second-order valence-corrected chi connectivity index (χ2v) is 7.91. The van der Waals surface area contributed by atoms with Crippen molar-refractivity contribution in [2.75, 3.05) is 4.90 Å². The van der Waals surface area contributed by atoms with Gasteiger partial charge in [-0.05, 0) is 43.0 Å². The second kappa shape index (κ2) is 6.97. The number of hydrogen-bond acceptors (Lipinski definition) is 5. The minimum absolute atomic E-state index is 0.0926. The Morgan fingerprint density at radius 1 is 0.967 bits per heavy atom. The molecule has 2 aromatic carbocycles. The number of rotatable bonds is 4. The molecule has 2 aliphatic rings. The third-order valence-corrected chi connectivity index (χ3v) is 5.63. The first-order valence-corrected chi connectivity index (χ1v) is 9.94. The fraction of sp³-hybridized carbons (Fsp3) is 0.143. The molecule has 1 fully saturated rings. The van der Waals surface area contributed by atoms with Gasteiger partial charge in [0.05, 0.1) is 26.9 Å². The van der Waals surface area contributed by atoms with E-state index in [1.165, 1.54) is 12.1 Å². The van der Waals surface area contributed by atoms with E-state index >= 15 is 0 Å². The molecule has 0 unspecified atom stereocenters. The predicted molar refractivity (Wildman–Crippen MR) is 111 cm³/mol. The largest absolute Gasteiger partial charge is 0.434 e. The Hall–Kier alpha value is -3.16. The highest BCUT2D eigenvalue weighted by atomic mass is 35.5. The molecule has 9 heteroatoms. The molecule has 0 bridgehead atoms. The first-order chi connectivity index (χ1) is 14.4. The predicted octanol–water partition coefficient (Wildman–Crippen LogP) is 4.55. The molecule has 1 saturated carbocycles. The van der Waals surface area contributed by atoms with Crippen molar-refractivity contribution in [1.29, 1.82) is 0 Å². The summed E-state index contributed by atoms with van der Waals surface area (Å²) in [4.78, 5) is 38.3. The molecular formula is C21H13Cl2N3O4. The second-order valence-electron chi connectivity index (χ2n) is 7.10. The number of H-pyrrole nitrogens is 1. The number of hydrogen-bond donors (Lipinski definition) is 1. The van der Waals surface area contributed by atoms with Crippen LogP contribution in [0.5, 0.6) is 11.6 Å². The lowest BCUT2D eigenvalue weighted by molar-refractivity contribution is 0.0926. The van der Waals surface area contributed by atoms with Crippen LogP contribution in [-0.2, 0) is 0 Å². The van der Waals surface area contributed by atoms with Gasteiger partial charge < -0.3 is 4.74 Å². The highest BCUT2D eigenvalue weighted by Gasteiger charge is 2.37. The smallest absolute Gasteiger partial charge is 0.267 e. The fourth-order valence-corrected chi connectivity index (χ4v) is 4.01. The van der Waals surface area contributed by atoms with Crippen LogP contribution in [0.4, 0.5) is 5.69 Å². The minimum Gasteiger partial charge on any atom is -0.434 e. The number of aromatic amines is 1. The Balaban J connectivity index is 1.48. The number of nitrogens with one attached hydrogen (secondary N) is 1. The van der Waals surface area contributed by atoms with Crippen LogP contribution in [0.25, 0.3) is 0 Å². The number of ether oxygens (including phenoxy) is 1. The van der Waals surface area contributed by atoms with Crippen molar-refractivity contribution < 1.29 is 14.3 Å². The Labute approximate surface area is 180 Å². The summed E-state index contributed by atoms with van der Waals surface area (Å²) in [6.07, 6.45) is 1.89. The number of amides is 2. The molecule has 1 aliphatic heterocycles. The molecule has 0 saturated heterocycles. The van der Waals surface area contributed by atoms with Gasteiger partial charge in [-0.25, -0.2) is 10.00 Å². The first-order valence-electron chi connectivity index (χ1n) is 9.18. The number of fused-ring (bicyclic) bond motifs is 1. The molecule has 7 nitrogen and oxygen atoms in total. The summed E-state index contributed by atoms with van der Waals surface area (Å²) in [5.74, 6) is -0.435. The van der Waals surface area contributed by atoms with Crippen LogP contribution in [0.15, 0.2) is 47.3 Å². The normalized spacial score (nSPS) is 15.5. The van der Waals surface area contributed by atoms with Crippen molar-refractivity contribution in [3.8, 4) is 11.6 Å². The van der Waals surface area contributed by atoms with Gasteiger partial charge in [0.25, 0.3) is 17.4 Å². The van der Waals surface area contributed by atoms with Crippen LogP contribution < -0.4 is 15.2 Å². The van der Waals surface area contributed by atoms with Gasteiger partial charge in [0.1, 0.15) is 0 Å². The van der Waals surface area contributed by atoms with Gasteiger partial charge in [-0.1, -0.05) is 35.3 Å². The molecule has 5 rings (SSSR count). The molecule has 30 heavy (non-hydrogen) atoms. The lowest BCUT2D eigenvalue weighted by Gasteiger charge is -2.17. The number of nitrogens with zero attached hydrogens (tertiary/aromatic N) is 2. The summed E-state index contributed by atoms with van der Waals surface area (Å²) in [5, 5.41) is 6.48. The van der Waals surface area contributed by atoms with Crippen molar-refractivity contribution >= 4 is 40.7 Å². The van der Waals surface area contributed by atoms with Gasteiger partial charge in [0.2, 0.25) is 5.88 Å². The lowest BCUT2D eigenvalue weighted by Crippen LogP contribution is -2.29. The van der Waals surface area contributed by atoms with E-state index in [4.69, 9.17) is 27.9 Å². The third kappa shape index (κ3) is 3.07. The van der Waals surface area contributed by atoms with E-state index in [-0.39, 0.29) is 38.8 Å². The van der Waals surface area contributed by atoms with Gasteiger partial charge in [-0.2, -0.15) is 0 Å². The number of carbonyl (C=O) groups is 2. The SMILES string of the molecule is O=C1c2ccccc2C(=O)N1c1cc(Cl)c(Oc2cc(C3CC3)c(=O)[nH]n2)c(Cl)c1. The average Bonchev–Trinajstić information content (AvgIpc) is 3.53. The van der Waals surface area contributed by atoms with Crippen molar-refractivity contribution in [2.24, 2.45) is 0 Å². The van der Waals surface area contributed by atoms with Gasteiger partial charge >= 0.3 is 0 Å². The maximum absolute atomic E-state index is 12.7. The zero-order valence-electron chi connectivity index (χ0n) is 15.3. The number of benzene rings is 2. The van der Waals surface area contributed by atoms with E-state index in [0.29, 0.717) is 16.7 Å². The van der Waals surface area contributed by atoms with Gasteiger partial charge in [0.15, 0.2) is 5.75 Å². The molecule has 0 spiro atoms. The molecule has 3 aromatic rings. The Morgan fingerprint density at radius 3 is 2.13 bits per heavy atom. The van der Waals surface area contributed by atoms with Crippen LogP contribution in [0, 0.1) is 0 Å². The number of carbonyl (C=O) groups excluding carboxylic acids is 2. The molecule has 2 amide bonds. The quantitative estimate of drug-likeness (QED) is 0.599. The maximum Gasteiger partial charge on any atom is 0.267 e. The van der Waals surface area contributed by atoms with Crippen molar-refractivity contribution in [2.45, 2.75) is 18.8 Å². The summed E-state index contributed by atoms with van der Waals surface area (Å²) in [7, 11) is 0. The zero-order valence-corrected chi connectivity index (χ0v) is 16.8. The van der Waals surface area contributed by atoms with Crippen LogP contribution in [0.1, 0.15) is 45.0 Å². The van der Waals surface area contributed by atoms with Crippen LogP contribution >= 0.6 is 23.2 Å². The zero-order chi connectivity index (χ0) is 21.0. The molecule has 1 aromatic heterocycles. The molecule has 1 N–H and O–H groups in total. The lowest BCUT2D eigenvalue weighted by atomic mass is 10.1. The molecule has 2 heterocycles. The van der Waals surface area contributed by atoms with E-state index in [0.717, 1.165) is 17.7 Å². The third-order valence-electron chi connectivity index (χ3n) is 5.07. The molecular weight excluding hydrogens is 429 g/mol. The van der Waals surface area contributed by atoms with Gasteiger partial charge in [-0.15, -0.1) is 5.10 Å². The summed E-state index contributed by atoms with van der Waals surface area (Å²) < 4.78 is 5.71. The summed E-state index contributed by atoms with van der Waals surface area (Å²) in [6.45, 7) is 0. The highest BCUT2D eigenvalue weighted by Crippen LogP contribution is 2.42. The number of anilines is 1. The van der Waals surface area contributed by atoms with E-state index in [9.17, 15) is 14.4 Å². The van der Waals surface area contributed by atoms with E-state index < -0.39 is 11.8 Å². The molecule has 1 aliphatic carbocycles. The average molecular weight is 442 g/mol. The molecule has 0 atom stereocenters. The van der Waals surface area contributed by atoms with Crippen LogP contribution in [0.2, 0.25) is 10.0 Å². The number of aromatic nitrogens is 2. The van der Waals surface area contributed by atoms with E-state index in [2.05, 4.69) is 10.2 Å². The van der Waals surface area contributed by atoms with E-state index in [1.807, 2.05) is 0 Å². The minimum atomic E-state index is -0.451. The monoisotopic (exact) mass is 441 g/mol. The van der Waals surface area contributed by atoms with E-state index in [1.54, 1.807) is 30.3 Å². The summed E-state index contributed by atoms with van der Waals surface area (Å²) in [6, 6.07) is 11.0. The summed E-state index contributed by atoms with van der Waals surface area (Å²) >= 11 is 12.7. The van der Waals surface area contributed by atoms with Gasteiger partial charge in [0, 0.05) is 11.6 Å². The number of halogens is 2. The standard InChI is InChI=1S/C21H13Cl2N3O4/c22-15-7-11(26-20(28)12-3-1-2-4-13(12)21(26)29)8-16(23)18(15)30-17-9-14(10-5-6-10)19(27)25-24-17/h1-4,7-10H,5-6H2,(H,25,27). The maximum atomic E-state index is 12.7. The Morgan fingerprint density at radius 2 is 1.57 bits per heavy atom. The van der Waals surface area contributed by atoms with Crippen LogP contribution in [-0.4, -0.2) is 22.0 Å². The Kier molecular flexibility index (Phi) is 4.38. The van der Waals surface area contributed by atoms with Crippen molar-refractivity contribution in [1.82, 2.24) is 10.2 Å². The topological polar surface area (TPSA) is 92.4 Å². The van der Waals surface area contributed by atoms with Gasteiger partial charge in [-0.3, -0.25) is 14.4 Å². The molecule has 150 valence electrons. The first kappa shape index (κ1) is 18.8. The number of imide groups is 1. The highest BCUT2D eigenvalue weighted by molar-refractivity contribution is 6.39. The Bertz CT molecular complexity index is 1230. The van der Waals surface area contributed by atoms with Crippen molar-refractivity contribution in [3.63, 3.8) is 0 Å². The summed E-state index contributed by atoms with van der Waals surface area (Å²) in [5.41, 5.74) is 1.23. The van der Waals surface area contributed by atoms with Crippen LogP contribution in [0.3, 0.4) is 0 Å². The molecule has 0 radical (unpaired) electrons.